The fourth-order valence-electron chi connectivity index (χ4n) is 1.91. The summed E-state index contributed by atoms with van der Waals surface area (Å²) in [6, 6.07) is 10.7. The van der Waals surface area contributed by atoms with Gasteiger partial charge in [-0.1, -0.05) is 24.3 Å². The molecule has 1 amide bonds. The van der Waals surface area contributed by atoms with Crippen LogP contribution >= 0.6 is 0 Å². The molecule has 1 aromatic carbocycles. The molecule has 1 N–H and O–H groups in total. The first-order valence-electron chi connectivity index (χ1n) is 6.49. The number of nitrogens with zero attached hydrogens (tertiary/aromatic N) is 1. The molecule has 0 fully saturated rings. The highest BCUT2D eigenvalue weighted by Crippen LogP contribution is 2.11. The molecule has 0 saturated carbocycles. The number of benzene rings is 1. The Balaban J connectivity index is 2.06. The molecule has 0 atom stereocenters. The number of rotatable bonds is 4. The van der Waals surface area contributed by atoms with Crippen LogP contribution < -0.4 is 5.32 Å². The number of aryl methyl sites for hydroxylation is 1. The van der Waals surface area contributed by atoms with Crippen molar-refractivity contribution >= 4 is 17.7 Å². The second kappa shape index (κ2) is 6.65. The van der Waals surface area contributed by atoms with Gasteiger partial charge in [0.25, 0.3) is 0 Å². The van der Waals surface area contributed by atoms with Crippen LogP contribution in [0.1, 0.15) is 21.5 Å². The van der Waals surface area contributed by atoms with Crippen LogP contribution in [0, 0.1) is 6.92 Å². The van der Waals surface area contributed by atoms with E-state index in [1.807, 2.05) is 31.2 Å². The number of nitrogens with one attached hydrogen (secondary N) is 1. The minimum absolute atomic E-state index is 0.182. The maximum absolute atomic E-state index is 12.0. The van der Waals surface area contributed by atoms with Crippen LogP contribution in [0.25, 0.3) is 0 Å². The number of ether oxygens (including phenoxy) is 1. The number of anilines is 1. The monoisotopic (exact) mass is 284 g/mol. The summed E-state index contributed by atoms with van der Waals surface area (Å²) in [5.41, 5.74) is 2.36. The lowest BCUT2D eigenvalue weighted by Gasteiger charge is -2.07. The van der Waals surface area contributed by atoms with Crippen molar-refractivity contribution in [1.82, 2.24) is 4.98 Å². The summed E-state index contributed by atoms with van der Waals surface area (Å²) in [6.45, 7) is 1.96. The summed E-state index contributed by atoms with van der Waals surface area (Å²) < 4.78 is 4.63. The number of carbonyl (C=O) groups is 2. The molecule has 2 aromatic rings. The van der Waals surface area contributed by atoms with E-state index >= 15 is 0 Å². The molecule has 1 aromatic heterocycles. The Kier molecular flexibility index (Phi) is 4.66. The quantitative estimate of drug-likeness (QED) is 0.875. The highest BCUT2D eigenvalue weighted by atomic mass is 16.5. The standard InChI is InChI=1S/C16H16N2O3/c1-11-5-3-4-6-12(11)10-15(19)18-14-9-13(7-8-17-14)16(20)21-2/h3-9H,10H2,1-2H3,(H,17,18,19). The fourth-order valence-corrected chi connectivity index (χ4v) is 1.91. The fraction of sp³-hybridized carbons (Fsp3) is 0.188. The molecule has 1 heterocycles. The van der Waals surface area contributed by atoms with E-state index in [-0.39, 0.29) is 12.3 Å². The third-order valence-corrected chi connectivity index (χ3v) is 3.06. The van der Waals surface area contributed by atoms with Gasteiger partial charge >= 0.3 is 5.97 Å². The Morgan fingerprint density at radius 3 is 2.71 bits per heavy atom. The zero-order chi connectivity index (χ0) is 15.2. The van der Waals surface area contributed by atoms with Crippen LogP contribution in [0.2, 0.25) is 0 Å². The molecule has 0 unspecified atom stereocenters. The Hall–Kier alpha value is -2.69. The first-order chi connectivity index (χ1) is 10.1. The maximum atomic E-state index is 12.0. The number of aromatic nitrogens is 1. The molecule has 0 radical (unpaired) electrons. The zero-order valence-electron chi connectivity index (χ0n) is 11.9. The second-order valence-electron chi connectivity index (χ2n) is 4.57. The molecule has 0 saturated heterocycles. The topological polar surface area (TPSA) is 68.3 Å². The first-order valence-corrected chi connectivity index (χ1v) is 6.49. The average Bonchev–Trinajstić information content (AvgIpc) is 2.49. The first kappa shape index (κ1) is 14.7. The van der Waals surface area contributed by atoms with E-state index in [1.165, 1.54) is 25.4 Å². The van der Waals surface area contributed by atoms with Crippen LogP contribution in [-0.4, -0.2) is 24.0 Å². The number of pyridine rings is 1. The largest absolute Gasteiger partial charge is 0.465 e. The Morgan fingerprint density at radius 2 is 2.00 bits per heavy atom. The van der Waals surface area contributed by atoms with E-state index in [4.69, 9.17) is 0 Å². The summed E-state index contributed by atoms with van der Waals surface area (Å²) in [4.78, 5) is 27.5. The van der Waals surface area contributed by atoms with Gasteiger partial charge in [-0.3, -0.25) is 4.79 Å². The highest BCUT2D eigenvalue weighted by molar-refractivity contribution is 5.94. The molecule has 0 aliphatic heterocycles. The van der Waals surface area contributed by atoms with Gasteiger partial charge in [0.2, 0.25) is 5.91 Å². The van der Waals surface area contributed by atoms with Crippen LogP contribution in [-0.2, 0) is 16.0 Å². The summed E-state index contributed by atoms with van der Waals surface area (Å²) in [7, 11) is 1.30. The lowest BCUT2D eigenvalue weighted by atomic mass is 10.1. The van der Waals surface area contributed by atoms with Gasteiger partial charge in [-0.05, 0) is 30.2 Å². The predicted octanol–water partition coefficient (Wildman–Crippen LogP) is 2.36. The van der Waals surface area contributed by atoms with Crippen molar-refractivity contribution in [1.29, 1.82) is 0 Å². The lowest BCUT2D eigenvalue weighted by molar-refractivity contribution is -0.115. The van der Waals surface area contributed by atoms with Gasteiger partial charge in [-0.15, -0.1) is 0 Å². The molecule has 108 valence electrons. The average molecular weight is 284 g/mol. The number of methoxy groups -OCH3 is 1. The van der Waals surface area contributed by atoms with Crippen molar-refractivity contribution in [2.45, 2.75) is 13.3 Å². The number of amides is 1. The van der Waals surface area contributed by atoms with Crippen LogP contribution in [0.4, 0.5) is 5.82 Å². The molecule has 5 nitrogen and oxygen atoms in total. The third-order valence-electron chi connectivity index (χ3n) is 3.06. The van der Waals surface area contributed by atoms with Gasteiger partial charge < -0.3 is 10.1 Å². The number of hydrogen-bond acceptors (Lipinski definition) is 4. The molecule has 0 aliphatic carbocycles. The van der Waals surface area contributed by atoms with Gasteiger partial charge in [-0.2, -0.15) is 0 Å². The van der Waals surface area contributed by atoms with E-state index in [2.05, 4.69) is 15.0 Å². The summed E-state index contributed by atoms with van der Waals surface area (Å²) in [5.74, 6) is -0.317. The Bertz CT molecular complexity index is 668. The molecular weight excluding hydrogens is 268 g/mol. The predicted molar refractivity (Wildman–Crippen MR) is 79.1 cm³/mol. The van der Waals surface area contributed by atoms with Crippen LogP contribution in [0.5, 0.6) is 0 Å². The smallest absolute Gasteiger partial charge is 0.338 e. The molecule has 2 rings (SSSR count). The van der Waals surface area contributed by atoms with Gasteiger partial charge in [0.1, 0.15) is 5.82 Å². The maximum Gasteiger partial charge on any atom is 0.338 e. The van der Waals surface area contributed by atoms with Crippen molar-refractivity contribution in [3.05, 3.63) is 59.3 Å². The summed E-state index contributed by atoms with van der Waals surface area (Å²) in [5, 5.41) is 2.68. The van der Waals surface area contributed by atoms with Crippen molar-refractivity contribution in [3.8, 4) is 0 Å². The summed E-state index contributed by atoms with van der Waals surface area (Å²) in [6.07, 6.45) is 1.71. The summed E-state index contributed by atoms with van der Waals surface area (Å²) >= 11 is 0. The van der Waals surface area contributed by atoms with E-state index < -0.39 is 5.97 Å². The molecule has 0 spiro atoms. The molecule has 0 bridgehead atoms. The number of hydrogen-bond donors (Lipinski definition) is 1. The lowest BCUT2D eigenvalue weighted by Crippen LogP contribution is -2.16. The highest BCUT2D eigenvalue weighted by Gasteiger charge is 2.10. The van der Waals surface area contributed by atoms with Gasteiger partial charge in [0.05, 0.1) is 19.1 Å². The van der Waals surface area contributed by atoms with E-state index in [0.29, 0.717) is 11.4 Å². The molecular formula is C16H16N2O3. The molecule has 0 aliphatic rings. The van der Waals surface area contributed by atoms with Crippen molar-refractivity contribution in [3.63, 3.8) is 0 Å². The van der Waals surface area contributed by atoms with Crippen LogP contribution in [0.3, 0.4) is 0 Å². The number of esters is 1. The van der Waals surface area contributed by atoms with Gasteiger partial charge in [0, 0.05) is 6.20 Å². The van der Waals surface area contributed by atoms with E-state index in [1.54, 1.807) is 0 Å². The zero-order valence-corrected chi connectivity index (χ0v) is 11.9. The molecule has 5 heteroatoms. The minimum atomic E-state index is -0.466. The van der Waals surface area contributed by atoms with Crippen molar-refractivity contribution in [2.75, 3.05) is 12.4 Å². The van der Waals surface area contributed by atoms with Crippen molar-refractivity contribution in [2.24, 2.45) is 0 Å². The van der Waals surface area contributed by atoms with Crippen molar-refractivity contribution < 1.29 is 14.3 Å². The minimum Gasteiger partial charge on any atom is -0.465 e. The third kappa shape index (κ3) is 3.89. The Labute approximate surface area is 123 Å². The normalized spacial score (nSPS) is 10.0. The second-order valence-corrected chi connectivity index (χ2v) is 4.57. The van der Waals surface area contributed by atoms with Gasteiger partial charge in [-0.25, -0.2) is 9.78 Å². The molecule has 21 heavy (non-hydrogen) atoms. The SMILES string of the molecule is COC(=O)c1ccnc(NC(=O)Cc2ccccc2C)c1. The van der Waals surface area contributed by atoms with E-state index in [0.717, 1.165) is 11.1 Å². The number of carbonyl (C=O) groups excluding carboxylic acids is 2. The van der Waals surface area contributed by atoms with E-state index in [9.17, 15) is 9.59 Å². The van der Waals surface area contributed by atoms with Gasteiger partial charge in [0.15, 0.2) is 0 Å². The Morgan fingerprint density at radius 1 is 1.24 bits per heavy atom. The van der Waals surface area contributed by atoms with Crippen LogP contribution in [0.15, 0.2) is 42.6 Å².